The molecule has 0 saturated heterocycles. The van der Waals surface area contributed by atoms with Crippen molar-refractivity contribution in [1.29, 1.82) is 0 Å². The number of hydrogen-bond donors (Lipinski definition) is 2. The van der Waals surface area contributed by atoms with Crippen LogP contribution in [0, 0.1) is 12.8 Å². The van der Waals surface area contributed by atoms with Crippen molar-refractivity contribution in [2.75, 3.05) is 20.8 Å². The molecule has 2 rings (SSSR count). The SMILES string of the molecule is COc1ccc(C[C@@H](C)[C@H](NC(=O)OC(C)C)C(=O)NCCc2ccc(C)cc2)cc1OC. The Hall–Kier alpha value is -3.22. The molecule has 0 aromatic heterocycles. The van der Waals surface area contributed by atoms with Crippen LogP contribution in [0.25, 0.3) is 0 Å². The van der Waals surface area contributed by atoms with E-state index in [4.69, 9.17) is 14.2 Å². The van der Waals surface area contributed by atoms with Crippen molar-refractivity contribution in [1.82, 2.24) is 10.6 Å². The number of ether oxygens (including phenoxy) is 3. The smallest absolute Gasteiger partial charge is 0.408 e. The van der Waals surface area contributed by atoms with E-state index in [0.717, 1.165) is 11.1 Å². The maximum atomic E-state index is 13.0. The number of amides is 2. The van der Waals surface area contributed by atoms with E-state index in [1.165, 1.54) is 5.56 Å². The first-order valence-corrected chi connectivity index (χ1v) is 11.2. The van der Waals surface area contributed by atoms with Crippen LogP contribution >= 0.6 is 0 Å². The summed E-state index contributed by atoms with van der Waals surface area (Å²) in [5.74, 6) is 0.824. The molecule has 2 atom stereocenters. The van der Waals surface area contributed by atoms with E-state index in [9.17, 15) is 9.59 Å². The predicted octanol–water partition coefficient (Wildman–Crippen LogP) is 4.05. The maximum absolute atomic E-state index is 13.0. The van der Waals surface area contributed by atoms with E-state index >= 15 is 0 Å². The predicted molar refractivity (Wildman–Crippen MR) is 129 cm³/mol. The van der Waals surface area contributed by atoms with Gasteiger partial charge >= 0.3 is 6.09 Å². The molecule has 0 radical (unpaired) electrons. The van der Waals surface area contributed by atoms with E-state index in [1.54, 1.807) is 28.1 Å². The number of benzene rings is 2. The molecule has 0 unspecified atom stereocenters. The van der Waals surface area contributed by atoms with Crippen molar-refractivity contribution < 1.29 is 23.8 Å². The van der Waals surface area contributed by atoms with Crippen molar-refractivity contribution in [2.45, 2.75) is 52.7 Å². The zero-order valence-corrected chi connectivity index (χ0v) is 20.4. The average molecular weight is 457 g/mol. The molecule has 0 spiro atoms. The van der Waals surface area contributed by atoms with Gasteiger partial charge < -0.3 is 24.8 Å². The second-order valence-corrected chi connectivity index (χ2v) is 8.47. The second kappa shape index (κ2) is 12.7. The number of carbonyl (C=O) groups excluding carboxylic acids is 2. The molecule has 0 saturated carbocycles. The molecule has 7 heteroatoms. The zero-order valence-electron chi connectivity index (χ0n) is 20.4. The third kappa shape index (κ3) is 8.33. The first-order valence-electron chi connectivity index (χ1n) is 11.2. The van der Waals surface area contributed by atoms with E-state index in [-0.39, 0.29) is 17.9 Å². The molecule has 0 fully saturated rings. The summed E-state index contributed by atoms with van der Waals surface area (Å²) in [7, 11) is 3.17. The first-order chi connectivity index (χ1) is 15.7. The highest BCUT2D eigenvalue weighted by atomic mass is 16.6. The Morgan fingerprint density at radius 2 is 1.55 bits per heavy atom. The second-order valence-electron chi connectivity index (χ2n) is 8.47. The van der Waals surface area contributed by atoms with Gasteiger partial charge in [-0.1, -0.05) is 42.8 Å². The topological polar surface area (TPSA) is 85.9 Å². The minimum atomic E-state index is -0.748. The van der Waals surface area contributed by atoms with Gasteiger partial charge in [-0.05, 0) is 62.8 Å². The van der Waals surface area contributed by atoms with E-state index in [1.807, 2.05) is 32.0 Å². The van der Waals surface area contributed by atoms with Gasteiger partial charge in [0.15, 0.2) is 11.5 Å². The van der Waals surface area contributed by atoms with Gasteiger partial charge in [-0.15, -0.1) is 0 Å². The Morgan fingerprint density at radius 3 is 2.15 bits per heavy atom. The minimum Gasteiger partial charge on any atom is -0.493 e. The summed E-state index contributed by atoms with van der Waals surface area (Å²) in [6.45, 7) is 7.98. The van der Waals surface area contributed by atoms with Gasteiger partial charge in [-0.3, -0.25) is 4.79 Å². The molecular formula is C26H36N2O5. The number of alkyl carbamates (subject to hydrolysis) is 1. The third-order valence-corrected chi connectivity index (χ3v) is 5.31. The number of rotatable bonds is 11. The number of carbonyl (C=O) groups is 2. The van der Waals surface area contributed by atoms with Gasteiger partial charge in [0, 0.05) is 6.54 Å². The molecule has 7 nitrogen and oxygen atoms in total. The fraction of sp³-hybridized carbons (Fsp3) is 0.462. The summed E-state index contributed by atoms with van der Waals surface area (Å²) in [6.07, 6.45) is 0.372. The van der Waals surface area contributed by atoms with Crippen LogP contribution in [0.15, 0.2) is 42.5 Å². The summed E-state index contributed by atoms with van der Waals surface area (Å²) < 4.78 is 15.9. The normalized spacial score (nSPS) is 12.6. The van der Waals surface area contributed by atoms with Crippen LogP contribution in [-0.4, -0.2) is 44.9 Å². The molecule has 0 aliphatic carbocycles. The Morgan fingerprint density at radius 1 is 0.909 bits per heavy atom. The number of methoxy groups -OCH3 is 2. The standard InChI is InChI=1S/C26H36N2O5/c1-17(2)33-26(30)28-24(25(29)27-14-13-20-9-7-18(3)8-10-20)19(4)15-21-11-12-22(31-5)23(16-21)32-6/h7-12,16-17,19,24H,13-15H2,1-6H3,(H,27,29)(H,28,30)/t19-,24+/m1/s1. The number of aryl methyl sites for hydroxylation is 1. The Kier molecular flexibility index (Phi) is 10.0. The summed E-state index contributed by atoms with van der Waals surface area (Å²) in [4.78, 5) is 25.3. The fourth-order valence-electron chi connectivity index (χ4n) is 3.53. The van der Waals surface area contributed by atoms with Crippen LogP contribution < -0.4 is 20.1 Å². The molecule has 2 aromatic rings. The molecular weight excluding hydrogens is 420 g/mol. The molecule has 0 heterocycles. The van der Waals surface area contributed by atoms with Gasteiger partial charge in [-0.25, -0.2) is 4.79 Å². The van der Waals surface area contributed by atoms with Crippen LogP contribution in [-0.2, 0) is 22.4 Å². The lowest BCUT2D eigenvalue weighted by molar-refractivity contribution is -0.124. The zero-order chi connectivity index (χ0) is 24.4. The number of nitrogens with one attached hydrogen (secondary N) is 2. The van der Waals surface area contributed by atoms with Gasteiger partial charge in [0.1, 0.15) is 6.04 Å². The van der Waals surface area contributed by atoms with E-state index in [2.05, 4.69) is 34.9 Å². The molecule has 180 valence electrons. The average Bonchev–Trinajstić information content (AvgIpc) is 2.78. The summed E-state index contributed by atoms with van der Waals surface area (Å²) >= 11 is 0. The highest BCUT2D eigenvalue weighted by Gasteiger charge is 2.28. The molecule has 0 aliphatic heterocycles. The van der Waals surface area contributed by atoms with Crippen LogP contribution in [0.3, 0.4) is 0 Å². The number of hydrogen-bond acceptors (Lipinski definition) is 5. The summed E-state index contributed by atoms with van der Waals surface area (Å²) in [5, 5.41) is 5.70. The fourth-order valence-corrected chi connectivity index (χ4v) is 3.53. The Labute approximate surface area is 196 Å². The van der Waals surface area contributed by atoms with Crippen LogP contribution in [0.5, 0.6) is 11.5 Å². The molecule has 0 bridgehead atoms. The first kappa shape index (κ1) is 26.0. The van der Waals surface area contributed by atoms with Crippen molar-refractivity contribution >= 4 is 12.0 Å². The maximum Gasteiger partial charge on any atom is 0.408 e. The van der Waals surface area contributed by atoms with Crippen molar-refractivity contribution in [3.63, 3.8) is 0 Å². The van der Waals surface area contributed by atoms with E-state index < -0.39 is 12.1 Å². The monoisotopic (exact) mass is 456 g/mol. The molecule has 0 aliphatic rings. The van der Waals surface area contributed by atoms with Crippen LogP contribution in [0.1, 0.15) is 37.5 Å². The lowest BCUT2D eigenvalue weighted by Gasteiger charge is -2.25. The van der Waals surface area contributed by atoms with Gasteiger partial charge in [0.05, 0.1) is 20.3 Å². The lowest BCUT2D eigenvalue weighted by atomic mass is 9.93. The lowest BCUT2D eigenvalue weighted by Crippen LogP contribution is -2.51. The third-order valence-electron chi connectivity index (χ3n) is 5.31. The van der Waals surface area contributed by atoms with Crippen molar-refractivity contribution in [3.8, 4) is 11.5 Å². The molecule has 2 aromatic carbocycles. The molecule has 33 heavy (non-hydrogen) atoms. The van der Waals surface area contributed by atoms with Crippen LogP contribution in [0.2, 0.25) is 0 Å². The highest BCUT2D eigenvalue weighted by molar-refractivity contribution is 5.86. The Balaban J connectivity index is 2.08. The minimum absolute atomic E-state index is 0.192. The van der Waals surface area contributed by atoms with E-state index in [0.29, 0.717) is 30.9 Å². The highest BCUT2D eigenvalue weighted by Crippen LogP contribution is 2.29. The molecule has 2 amide bonds. The van der Waals surface area contributed by atoms with Gasteiger partial charge in [0.2, 0.25) is 5.91 Å². The summed E-state index contributed by atoms with van der Waals surface area (Å²) in [6, 6.07) is 13.1. The van der Waals surface area contributed by atoms with Crippen molar-refractivity contribution in [3.05, 3.63) is 59.2 Å². The largest absolute Gasteiger partial charge is 0.493 e. The quantitative estimate of drug-likeness (QED) is 0.533. The summed E-state index contributed by atoms with van der Waals surface area (Å²) in [5.41, 5.74) is 3.30. The van der Waals surface area contributed by atoms with Gasteiger partial charge in [-0.2, -0.15) is 0 Å². The molecule has 2 N–H and O–H groups in total. The Bertz CT molecular complexity index is 911. The van der Waals surface area contributed by atoms with Crippen LogP contribution in [0.4, 0.5) is 4.79 Å². The van der Waals surface area contributed by atoms with Gasteiger partial charge in [0.25, 0.3) is 0 Å². The van der Waals surface area contributed by atoms with Crippen molar-refractivity contribution in [2.24, 2.45) is 5.92 Å².